The average Bonchev–Trinajstić information content (AvgIpc) is 2.59. The Labute approximate surface area is 131 Å². The lowest BCUT2D eigenvalue weighted by atomic mass is 9.91. The van der Waals surface area contributed by atoms with E-state index in [4.69, 9.17) is 5.73 Å². The molecule has 0 radical (unpaired) electrons. The predicted octanol–water partition coefficient (Wildman–Crippen LogP) is 4.28. The zero-order valence-corrected chi connectivity index (χ0v) is 15.0. The van der Waals surface area contributed by atoms with Crippen LogP contribution in [0, 0.1) is 0 Å². The molecule has 0 spiro atoms. The van der Waals surface area contributed by atoms with Crippen LogP contribution in [0.1, 0.15) is 72.6 Å². The Morgan fingerprint density at radius 3 is 2.50 bits per heavy atom. The van der Waals surface area contributed by atoms with Crippen molar-refractivity contribution < 1.29 is 0 Å². The van der Waals surface area contributed by atoms with Crippen LogP contribution in [0.15, 0.2) is 0 Å². The highest BCUT2D eigenvalue weighted by Gasteiger charge is 2.33. The van der Waals surface area contributed by atoms with Gasteiger partial charge in [0, 0.05) is 35.7 Å². The van der Waals surface area contributed by atoms with Gasteiger partial charge in [0.1, 0.15) is 0 Å². The predicted molar refractivity (Wildman–Crippen MR) is 93.6 cm³/mol. The van der Waals surface area contributed by atoms with Crippen LogP contribution in [0.25, 0.3) is 0 Å². The van der Waals surface area contributed by atoms with Gasteiger partial charge in [0.2, 0.25) is 0 Å². The molecule has 1 aliphatic rings. The first-order valence-corrected chi connectivity index (χ1v) is 9.51. The molecule has 0 saturated carbocycles. The maximum Gasteiger partial charge on any atom is 0.0303 e. The minimum atomic E-state index is 0.215. The van der Waals surface area contributed by atoms with Crippen molar-refractivity contribution in [1.82, 2.24) is 4.90 Å². The second-order valence-corrected chi connectivity index (χ2v) is 9.01. The van der Waals surface area contributed by atoms with E-state index in [0.717, 1.165) is 6.54 Å². The fraction of sp³-hybridized carbons (Fsp3) is 1.00. The van der Waals surface area contributed by atoms with Gasteiger partial charge in [0.25, 0.3) is 0 Å². The number of nitrogens with two attached hydrogens (primary N) is 1. The molecule has 0 aliphatic carbocycles. The van der Waals surface area contributed by atoms with Crippen LogP contribution in [0.3, 0.4) is 0 Å². The molecule has 0 bridgehead atoms. The van der Waals surface area contributed by atoms with Crippen molar-refractivity contribution in [2.75, 3.05) is 25.4 Å². The third-order valence-electron chi connectivity index (χ3n) is 4.86. The van der Waals surface area contributed by atoms with Crippen LogP contribution in [-0.4, -0.2) is 40.6 Å². The molecular weight excluding hydrogens is 264 g/mol. The monoisotopic (exact) mass is 300 g/mol. The molecule has 1 fully saturated rings. The molecule has 0 aromatic heterocycles. The summed E-state index contributed by atoms with van der Waals surface area (Å²) in [6.45, 7) is 12.6. The Balaban J connectivity index is 2.45. The quantitative estimate of drug-likeness (QED) is 0.678. The minimum Gasteiger partial charge on any atom is -0.329 e. The number of rotatable bonds is 8. The van der Waals surface area contributed by atoms with Gasteiger partial charge >= 0.3 is 0 Å². The van der Waals surface area contributed by atoms with E-state index in [2.05, 4.69) is 44.4 Å². The minimum absolute atomic E-state index is 0.215. The van der Waals surface area contributed by atoms with Gasteiger partial charge in [-0.1, -0.05) is 52.9 Å². The first-order chi connectivity index (χ1) is 9.43. The van der Waals surface area contributed by atoms with E-state index in [1.165, 1.54) is 63.8 Å². The molecule has 0 amide bonds. The second-order valence-electron chi connectivity index (χ2n) is 7.21. The van der Waals surface area contributed by atoms with Crippen LogP contribution in [0.5, 0.6) is 0 Å². The Morgan fingerprint density at radius 2 is 1.85 bits per heavy atom. The summed E-state index contributed by atoms with van der Waals surface area (Å²) < 4.78 is 0.436. The number of unbranched alkanes of at least 4 members (excludes halogenated alkanes) is 4. The highest BCUT2D eigenvalue weighted by atomic mass is 32.2. The highest BCUT2D eigenvalue weighted by Crippen LogP contribution is 2.34. The van der Waals surface area contributed by atoms with Gasteiger partial charge in [-0.05, 0) is 19.8 Å². The van der Waals surface area contributed by atoms with Gasteiger partial charge in [0.15, 0.2) is 0 Å². The van der Waals surface area contributed by atoms with Gasteiger partial charge < -0.3 is 5.73 Å². The van der Waals surface area contributed by atoms with Crippen LogP contribution < -0.4 is 5.73 Å². The fourth-order valence-corrected chi connectivity index (χ4v) is 4.16. The lowest BCUT2D eigenvalue weighted by molar-refractivity contribution is 0.104. The Kier molecular flexibility index (Phi) is 7.92. The van der Waals surface area contributed by atoms with E-state index >= 15 is 0 Å². The van der Waals surface area contributed by atoms with E-state index in [0.29, 0.717) is 4.75 Å². The van der Waals surface area contributed by atoms with Gasteiger partial charge in [0.05, 0.1) is 0 Å². The molecule has 20 heavy (non-hydrogen) atoms. The summed E-state index contributed by atoms with van der Waals surface area (Å²) in [7, 11) is 0. The summed E-state index contributed by atoms with van der Waals surface area (Å²) in [6.07, 6.45) is 9.35. The number of hydrogen-bond acceptors (Lipinski definition) is 3. The molecule has 1 atom stereocenters. The highest BCUT2D eigenvalue weighted by molar-refractivity contribution is 8.00. The molecule has 1 heterocycles. The molecule has 2 nitrogen and oxygen atoms in total. The van der Waals surface area contributed by atoms with Crippen LogP contribution >= 0.6 is 11.8 Å². The van der Waals surface area contributed by atoms with Crippen molar-refractivity contribution in [2.45, 2.75) is 82.9 Å². The standard InChI is InChI=1S/C17H36N2S/c1-5-6-7-8-9-10-17(4,15-18)19-12-11-16(2,3)20-14-13-19/h5-15,18H2,1-4H3. The van der Waals surface area contributed by atoms with Crippen LogP contribution in [-0.2, 0) is 0 Å². The molecule has 0 aromatic carbocycles. The molecule has 0 aromatic rings. The summed E-state index contributed by atoms with van der Waals surface area (Å²) in [5, 5.41) is 0. The van der Waals surface area contributed by atoms with Crippen molar-refractivity contribution in [3.05, 3.63) is 0 Å². The maximum absolute atomic E-state index is 6.15. The molecule has 3 heteroatoms. The van der Waals surface area contributed by atoms with E-state index < -0.39 is 0 Å². The van der Waals surface area contributed by atoms with Crippen molar-refractivity contribution in [2.24, 2.45) is 5.73 Å². The SMILES string of the molecule is CCCCCCCC(C)(CN)N1CCSC(C)(C)CC1. The summed E-state index contributed by atoms with van der Waals surface area (Å²) in [6, 6.07) is 0. The Hall–Kier alpha value is 0.270. The largest absolute Gasteiger partial charge is 0.329 e. The second kappa shape index (κ2) is 8.65. The maximum atomic E-state index is 6.15. The zero-order valence-electron chi connectivity index (χ0n) is 14.2. The Morgan fingerprint density at radius 1 is 1.15 bits per heavy atom. The van der Waals surface area contributed by atoms with E-state index in [-0.39, 0.29) is 5.54 Å². The first kappa shape index (κ1) is 18.3. The van der Waals surface area contributed by atoms with Crippen molar-refractivity contribution >= 4 is 11.8 Å². The number of thioether (sulfide) groups is 1. The third kappa shape index (κ3) is 5.95. The van der Waals surface area contributed by atoms with Crippen LogP contribution in [0.2, 0.25) is 0 Å². The molecule has 1 aliphatic heterocycles. The van der Waals surface area contributed by atoms with Gasteiger partial charge in [-0.2, -0.15) is 11.8 Å². The average molecular weight is 301 g/mol. The van der Waals surface area contributed by atoms with Crippen molar-refractivity contribution in [3.63, 3.8) is 0 Å². The smallest absolute Gasteiger partial charge is 0.0303 e. The number of hydrogen-bond donors (Lipinski definition) is 1. The lowest BCUT2D eigenvalue weighted by Gasteiger charge is -2.40. The summed E-state index contributed by atoms with van der Waals surface area (Å²) >= 11 is 2.12. The lowest BCUT2D eigenvalue weighted by Crippen LogP contribution is -2.52. The Bertz CT molecular complexity index is 268. The summed E-state index contributed by atoms with van der Waals surface area (Å²) in [5.74, 6) is 1.25. The summed E-state index contributed by atoms with van der Waals surface area (Å²) in [5.41, 5.74) is 6.36. The topological polar surface area (TPSA) is 29.3 Å². The van der Waals surface area contributed by atoms with Crippen molar-refractivity contribution in [3.8, 4) is 0 Å². The first-order valence-electron chi connectivity index (χ1n) is 8.52. The van der Waals surface area contributed by atoms with Crippen molar-refractivity contribution in [1.29, 1.82) is 0 Å². The zero-order chi connectivity index (χ0) is 15.1. The normalized spacial score (nSPS) is 23.2. The molecule has 2 N–H and O–H groups in total. The van der Waals surface area contributed by atoms with E-state index in [1.54, 1.807) is 0 Å². The molecule has 1 saturated heterocycles. The van der Waals surface area contributed by atoms with E-state index in [1.807, 2.05) is 0 Å². The molecule has 120 valence electrons. The third-order valence-corrected chi connectivity index (χ3v) is 6.23. The van der Waals surface area contributed by atoms with Gasteiger partial charge in [-0.3, -0.25) is 4.90 Å². The molecular formula is C17H36N2S. The summed E-state index contributed by atoms with van der Waals surface area (Å²) in [4.78, 5) is 2.68. The number of nitrogens with zero attached hydrogens (tertiary/aromatic N) is 1. The molecule has 1 rings (SSSR count). The van der Waals surface area contributed by atoms with Crippen LogP contribution in [0.4, 0.5) is 0 Å². The fourth-order valence-electron chi connectivity index (χ4n) is 3.06. The van der Waals surface area contributed by atoms with Gasteiger partial charge in [-0.15, -0.1) is 0 Å². The van der Waals surface area contributed by atoms with E-state index in [9.17, 15) is 0 Å². The van der Waals surface area contributed by atoms with Gasteiger partial charge in [-0.25, -0.2) is 0 Å². The molecule has 1 unspecified atom stereocenters.